The molecule has 0 saturated carbocycles. The van der Waals surface area contributed by atoms with Crippen molar-refractivity contribution in [1.29, 1.82) is 0 Å². The largest absolute Gasteiger partial charge is 0.493 e. The molecule has 1 saturated heterocycles. The number of esters is 1. The number of benzene rings is 1. The molecule has 8 heteroatoms. The summed E-state index contributed by atoms with van der Waals surface area (Å²) < 4.78 is 29.8. The van der Waals surface area contributed by atoms with E-state index >= 15 is 0 Å². The van der Waals surface area contributed by atoms with Crippen molar-refractivity contribution in [3.05, 3.63) is 59.9 Å². The van der Waals surface area contributed by atoms with Crippen molar-refractivity contribution < 1.29 is 23.1 Å². The van der Waals surface area contributed by atoms with Gasteiger partial charge in [-0.15, -0.1) is 0 Å². The third kappa shape index (κ3) is 5.69. The molecule has 0 N–H and O–H groups in total. The zero-order valence-electron chi connectivity index (χ0n) is 18.9. The van der Waals surface area contributed by atoms with Crippen molar-refractivity contribution in [2.24, 2.45) is 5.92 Å². The van der Waals surface area contributed by atoms with E-state index in [2.05, 4.69) is 19.6 Å². The molecule has 0 aliphatic carbocycles. The topological polar surface area (TPSA) is 77.7 Å². The summed E-state index contributed by atoms with van der Waals surface area (Å²) in [4.78, 5) is 22.7. The van der Waals surface area contributed by atoms with Crippen molar-refractivity contribution in [3.8, 4) is 17.1 Å². The summed E-state index contributed by atoms with van der Waals surface area (Å²) in [5.41, 5.74) is 0.785. The second-order valence-corrected chi connectivity index (χ2v) is 8.24. The number of piperidine rings is 1. The number of furan rings is 1. The zero-order valence-corrected chi connectivity index (χ0v) is 18.9. The number of hydrogen-bond acceptors (Lipinski definition) is 7. The molecule has 0 bridgehead atoms. The van der Waals surface area contributed by atoms with Crippen LogP contribution in [0.3, 0.4) is 0 Å². The van der Waals surface area contributed by atoms with Crippen LogP contribution in [-0.2, 0) is 4.74 Å². The highest BCUT2D eigenvalue weighted by atomic mass is 19.1. The highest BCUT2D eigenvalue weighted by Gasteiger charge is 2.21. The fourth-order valence-corrected chi connectivity index (χ4v) is 4.05. The van der Waals surface area contributed by atoms with Crippen molar-refractivity contribution in [2.45, 2.75) is 32.6 Å². The smallest absolute Gasteiger partial charge is 0.340 e. The third-order valence-corrected chi connectivity index (χ3v) is 5.93. The number of rotatable bonds is 8. The first-order chi connectivity index (χ1) is 16.0. The van der Waals surface area contributed by atoms with Gasteiger partial charge in [0, 0.05) is 31.5 Å². The van der Waals surface area contributed by atoms with Crippen molar-refractivity contribution in [3.63, 3.8) is 0 Å². The van der Waals surface area contributed by atoms with E-state index in [-0.39, 0.29) is 5.56 Å². The maximum absolute atomic E-state index is 14.0. The molecule has 4 rings (SSSR count). The fraction of sp³-hybridized carbons (Fsp3) is 0.400. The van der Waals surface area contributed by atoms with E-state index < -0.39 is 11.8 Å². The lowest BCUT2D eigenvalue weighted by Crippen LogP contribution is -2.34. The highest BCUT2D eigenvalue weighted by Crippen LogP contribution is 2.26. The highest BCUT2D eigenvalue weighted by molar-refractivity contribution is 5.89. The first-order valence-electron chi connectivity index (χ1n) is 11.2. The number of anilines is 1. The van der Waals surface area contributed by atoms with Gasteiger partial charge in [0.2, 0.25) is 5.95 Å². The quantitative estimate of drug-likeness (QED) is 0.349. The van der Waals surface area contributed by atoms with Gasteiger partial charge in [-0.1, -0.05) is 0 Å². The molecule has 2 aromatic heterocycles. The number of carbonyl (C=O) groups excluding carboxylic acids is 1. The van der Waals surface area contributed by atoms with E-state index in [9.17, 15) is 9.18 Å². The van der Waals surface area contributed by atoms with E-state index in [1.54, 1.807) is 6.07 Å². The number of aryl methyl sites for hydroxylation is 1. The van der Waals surface area contributed by atoms with Crippen LogP contribution in [0.2, 0.25) is 0 Å². The predicted octanol–water partition coefficient (Wildman–Crippen LogP) is 5.05. The molecule has 1 fully saturated rings. The molecule has 0 atom stereocenters. The van der Waals surface area contributed by atoms with E-state index in [1.807, 2.05) is 31.5 Å². The third-order valence-electron chi connectivity index (χ3n) is 5.93. The summed E-state index contributed by atoms with van der Waals surface area (Å²) in [6.07, 6.45) is 7.71. The molecule has 3 aromatic rings. The number of halogens is 1. The van der Waals surface area contributed by atoms with Crippen molar-refractivity contribution in [2.75, 3.05) is 31.7 Å². The second kappa shape index (κ2) is 10.5. The molecule has 33 heavy (non-hydrogen) atoms. The number of methoxy groups -OCH3 is 1. The molecule has 0 spiro atoms. The summed E-state index contributed by atoms with van der Waals surface area (Å²) >= 11 is 0. The van der Waals surface area contributed by atoms with Gasteiger partial charge in [-0.05, 0) is 62.8 Å². The van der Waals surface area contributed by atoms with Crippen LogP contribution in [0.15, 0.2) is 47.1 Å². The normalized spacial score (nSPS) is 14.3. The molecule has 7 nitrogen and oxygen atoms in total. The maximum Gasteiger partial charge on any atom is 0.340 e. The molecule has 1 aromatic carbocycles. The van der Waals surface area contributed by atoms with Crippen LogP contribution in [0.25, 0.3) is 11.3 Å². The summed E-state index contributed by atoms with van der Waals surface area (Å²) in [6, 6.07) is 8.06. The molecule has 1 aliphatic rings. The van der Waals surface area contributed by atoms with Crippen LogP contribution < -0.4 is 9.64 Å². The SMILES string of the molecule is COC(=O)c1ccc(OCCCC2CCN(c3ncc(-c4ccc(C)o4)cn3)CC2)cc1F. The Labute approximate surface area is 192 Å². The zero-order chi connectivity index (χ0) is 23.2. The number of aromatic nitrogens is 2. The van der Waals surface area contributed by atoms with Crippen LogP contribution in [-0.4, -0.2) is 42.7 Å². The maximum atomic E-state index is 14.0. The first-order valence-corrected chi connectivity index (χ1v) is 11.2. The van der Waals surface area contributed by atoms with Gasteiger partial charge in [0.25, 0.3) is 0 Å². The second-order valence-electron chi connectivity index (χ2n) is 8.24. The van der Waals surface area contributed by atoms with Gasteiger partial charge < -0.3 is 18.8 Å². The number of hydrogen-bond donors (Lipinski definition) is 0. The van der Waals surface area contributed by atoms with Gasteiger partial charge >= 0.3 is 5.97 Å². The van der Waals surface area contributed by atoms with Crippen molar-refractivity contribution >= 4 is 11.9 Å². The molecule has 3 heterocycles. The van der Waals surface area contributed by atoms with Crippen LogP contribution in [0.5, 0.6) is 5.75 Å². The first kappa shape index (κ1) is 22.8. The Bertz CT molecular complexity index is 1080. The molecule has 0 unspecified atom stereocenters. The Morgan fingerprint density at radius 2 is 1.94 bits per heavy atom. The Hall–Kier alpha value is -3.42. The molecule has 0 amide bonds. The van der Waals surface area contributed by atoms with Gasteiger partial charge in [-0.3, -0.25) is 0 Å². The molecular weight excluding hydrogens is 425 g/mol. The Kier molecular flexibility index (Phi) is 7.22. The standard InChI is InChI=1S/C25H28FN3O4/c1-17-5-8-23(33-17)19-15-27-25(28-16-19)29-11-9-18(10-12-29)4-3-13-32-20-6-7-21(22(26)14-20)24(30)31-2/h5-8,14-16,18H,3-4,9-13H2,1-2H3. The minimum absolute atomic E-state index is 0.0914. The van der Waals surface area contributed by atoms with E-state index in [4.69, 9.17) is 9.15 Å². The lowest BCUT2D eigenvalue weighted by atomic mass is 9.92. The van der Waals surface area contributed by atoms with Crippen LogP contribution in [0.4, 0.5) is 10.3 Å². The van der Waals surface area contributed by atoms with Gasteiger partial charge in [0.1, 0.15) is 23.1 Å². The van der Waals surface area contributed by atoms with Crippen molar-refractivity contribution in [1.82, 2.24) is 9.97 Å². The van der Waals surface area contributed by atoms with Gasteiger partial charge in [-0.25, -0.2) is 19.2 Å². The number of carbonyl (C=O) groups is 1. The average molecular weight is 454 g/mol. The molecule has 174 valence electrons. The predicted molar refractivity (Wildman–Crippen MR) is 122 cm³/mol. The Balaban J connectivity index is 1.18. The molecule has 0 radical (unpaired) electrons. The minimum atomic E-state index is -0.695. The fourth-order valence-electron chi connectivity index (χ4n) is 4.05. The molecular formula is C25H28FN3O4. The van der Waals surface area contributed by atoms with E-state index in [0.717, 1.165) is 61.8 Å². The monoisotopic (exact) mass is 453 g/mol. The van der Waals surface area contributed by atoms with Crippen LogP contribution in [0, 0.1) is 18.7 Å². The molecule has 1 aliphatic heterocycles. The Morgan fingerprint density at radius 3 is 2.58 bits per heavy atom. The summed E-state index contributed by atoms with van der Waals surface area (Å²) in [5.74, 6) is 2.10. The lowest BCUT2D eigenvalue weighted by molar-refractivity contribution is 0.0595. The summed E-state index contributed by atoms with van der Waals surface area (Å²) in [6.45, 7) is 4.27. The van der Waals surface area contributed by atoms with Crippen LogP contribution in [0.1, 0.15) is 41.8 Å². The van der Waals surface area contributed by atoms with Gasteiger partial charge in [0.15, 0.2) is 0 Å². The summed E-state index contributed by atoms with van der Waals surface area (Å²) in [5, 5.41) is 0. The van der Waals surface area contributed by atoms with Gasteiger partial charge in [-0.2, -0.15) is 0 Å². The average Bonchev–Trinajstić information content (AvgIpc) is 3.28. The van der Waals surface area contributed by atoms with E-state index in [1.165, 1.54) is 19.2 Å². The lowest BCUT2D eigenvalue weighted by Gasteiger charge is -2.32. The number of nitrogens with zero attached hydrogens (tertiary/aromatic N) is 3. The Morgan fingerprint density at radius 1 is 1.18 bits per heavy atom. The minimum Gasteiger partial charge on any atom is -0.493 e. The van der Waals surface area contributed by atoms with Gasteiger partial charge in [0.05, 0.1) is 24.8 Å². The van der Waals surface area contributed by atoms with E-state index in [0.29, 0.717) is 18.3 Å². The number of ether oxygens (including phenoxy) is 2. The van der Waals surface area contributed by atoms with Crippen LogP contribution >= 0.6 is 0 Å². The summed E-state index contributed by atoms with van der Waals surface area (Å²) in [7, 11) is 1.22.